The minimum atomic E-state index is 0.393. The predicted molar refractivity (Wildman–Crippen MR) is 101 cm³/mol. The Kier molecular flexibility index (Phi) is 3.79. The van der Waals surface area contributed by atoms with E-state index in [2.05, 4.69) is 25.6 Å². The smallest absolute Gasteiger partial charge is 0.234 e. The molecule has 3 aromatic heterocycles. The molecule has 27 heavy (non-hydrogen) atoms. The van der Waals surface area contributed by atoms with Crippen molar-refractivity contribution in [1.82, 2.24) is 34.8 Å². The average molecular weight is 377 g/mol. The van der Waals surface area contributed by atoms with Gasteiger partial charge in [0.15, 0.2) is 10.8 Å². The molecular formula is C18H15N7OS. The molecule has 0 aliphatic heterocycles. The molecule has 0 aliphatic carbocycles. The van der Waals surface area contributed by atoms with Crippen LogP contribution in [-0.4, -0.2) is 34.8 Å². The Morgan fingerprint density at radius 1 is 1.00 bits per heavy atom. The van der Waals surface area contributed by atoms with Gasteiger partial charge in [-0.05, 0) is 30.7 Å². The fraction of sp³-hybridized carbons (Fsp3) is 0.167. The highest BCUT2D eigenvalue weighted by Crippen LogP contribution is 2.21. The van der Waals surface area contributed by atoms with Crippen LogP contribution in [0.4, 0.5) is 0 Å². The Bertz CT molecular complexity index is 1240. The third-order valence-corrected chi connectivity index (χ3v) is 5.13. The summed E-state index contributed by atoms with van der Waals surface area (Å²) < 4.78 is 9.43. The van der Waals surface area contributed by atoms with E-state index in [9.17, 15) is 0 Å². The summed E-state index contributed by atoms with van der Waals surface area (Å²) in [6.07, 6.45) is 0. The summed E-state index contributed by atoms with van der Waals surface area (Å²) in [5.41, 5.74) is 2.90. The highest BCUT2D eigenvalue weighted by Gasteiger charge is 2.14. The number of ether oxygens (including phenoxy) is 1. The van der Waals surface area contributed by atoms with E-state index in [0.717, 1.165) is 32.3 Å². The number of nitrogens with zero attached hydrogens (tertiary/aromatic N) is 7. The average Bonchev–Trinajstić information content (AvgIpc) is 3.37. The van der Waals surface area contributed by atoms with E-state index in [0.29, 0.717) is 19.0 Å². The van der Waals surface area contributed by atoms with Crippen LogP contribution < -0.4 is 4.74 Å². The van der Waals surface area contributed by atoms with Crippen LogP contribution >= 0.6 is 11.3 Å². The minimum absolute atomic E-state index is 0.393. The highest BCUT2D eigenvalue weighted by atomic mass is 32.1. The number of benzene rings is 2. The van der Waals surface area contributed by atoms with Gasteiger partial charge in [0, 0.05) is 0 Å². The SMILES string of the molecule is Cc1ccccc1OCc1nn2c(Cn3nnc4ccccc43)nnc2s1. The molecular weight excluding hydrogens is 362 g/mol. The molecule has 8 nitrogen and oxygen atoms in total. The van der Waals surface area contributed by atoms with Crippen molar-refractivity contribution in [3.05, 3.63) is 64.9 Å². The Labute approximate surface area is 158 Å². The van der Waals surface area contributed by atoms with Crippen LogP contribution in [0.2, 0.25) is 0 Å². The molecule has 5 rings (SSSR count). The van der Waals surface area contributed by atoms with Crippen LogP contribution in [0.3, 0.4) is 0 Å². The van der Waals surface area contributed by atoms with Crippen LogP contribution in [0.15, 0.2) is 48.5 Å². The van der Waals surface area contributed by atoms with Crippen molar-refractivity contribution >= 4 is 27.3 Å². The molecule has 0 fully saturated rings. The second-order valence-electron chi connectivity index (χ2n) is 6.10. The van der Waals surface area contributed by atoms with Gasteiger partial charge in [-0.1, -0.05) is 46.9 Å². The molecule has 0 radical (unpaired) electrons. The Balaban J connectivity index is 1.39. The maximum atomic E-state index is 5.88. The normalized spacial score (nSPS) is 11.4. The van der Waals surface area contributed by atoms with Crippen molar-refractivity contribution in [1.29, 1.82) is 0 Å². The number of aromatic nitrogens is 7. The Morgan fingerprint density at radius 3 is 2.78 bits per heavy atom. The van der Waals surface area contributed by atoms with Gasteiger partial charge in [-0.15, -0.1) is 15.3 Å². The van der Waals surface area contributed by atoms with E-state index < -0.39 is 0 Å². The van der Waals surface area contributed by atoms with E-state index in [1.807, 2.05) is 55.5 Å². The lowest BCUT2D eigenvalue weighted by atomic mass is 10.2. The summed E-state index contributed by atoms with van der Waals surface area (Å²) in [6, 6.07) is 15.7. The van der Waals surface area contributed by atoms with Crippen molar-refractivity contribution in [3.8, 4) is 5.75 Å². The third-order valence-electron chi connectivity index (χ3n) is 4.25. The van der Waals surface area contributed by atoms with Crippen molar-refractivity contribution in [2.75, 3.05) is 0 Å². The Hall–Kier alpha value is -3.33. The van der Waals surface area contributed by atoms with Crippen LogP contribution in [0, 0.1) is 6.92 Å². The first-order chi connectivity index (χ1) is 13.3. The van der Waals surface area contributed by atoms with Gasteiger partial charge in [0.2, 0.25) is 4.96 Å². The van der Waals surface area contributed by atoms with Crippen LogP contribution in [0.25, 0.3) is 16.0 Å². The summed E-state index contributed by atoms with van der Waals surface area (Å²) in [4.78, 5) is 0.734. The van der Waals surface area contributed by atoms with Gasteiger partial charge in [-0.25, -0.2) is 4.68 Å². The van der Waals surface area contributed by atoms with Gasteiger partial charge in [-0.3, -0.25) is 0 Å². The first kappa shape index (κ1) is 15.9. The molecule has 9 heteroatoms. The topological polar surface area (TPSA) is 83.0 Å². The fourth-order valence-electron chi connectivity index (χ4n) is 2.88. The van der Waals surface area contributed by atoms with Crippen molar-refractivity contribution in [3.63, 3.8) is 0 Å². The van der Waals surface area contributed by atoms with E-state index in [4.69, 9.17) is 4.74 Å². The first-order valence-electron chi connectivity index (χ1n) is 8.44. The zero-order chi connectivity index (χ0) is 18.2. The zero-order valence-electron chi connectivity index (χ0n) is 14.5. The fourth-order valence-corrected chi connectivity index (χ4v) is 3.65. The highest BCUT2D eigenvalue weighted by molar-refractivity contribution is 7.16. The van der Waals surface area contributed by atoms with Gasteiger partial charge in [0.1, 0.15) is 24.4 Å². The molecule has 3 heterocycles. The lowest BCUT2D eigenvalue weighted by molar-refractivity contribution is 0.302. The zero-order valence-corrected chi connectivity index (χ0v) is 15.3. The molecule has 5 aromatic rings. The largest absolute Gasteiger partial charge is 0.486 e. The maximum absolute atomic E-state index is 5.88. The number of hydrogen-bond donors (Lipinski definition) is 0. The van der Waals surface area contributed by atoms with Gasteiger partial charge in [-0.2, -0.15) is 9.61 Å². The van der Waals surface area contributed by atoms with Gasteiger partial charge in [0.05, 0.1) is 5.52 Å². The minimum Gasteiger partial charge on any atom is -0.486 e. The van der Waals surface area contributed by atoms with Gasteiger partial charge < -0.3 is 4.74 Å². The predicted octanol–water partition coefficient (Wildman–Crippen LogP) is 2.87. The third kappa shape index (κ3) is 2.91. The van der Waals surface area contributed by atoms with Crippen LogP contribution in [0.5, 0.6) is 5.75 Å². The maximum Gasteiger partial charge on any atom is 0.234 e. The van der Waals surface area contributed by atoms with E-state index in [1.54, 1.807) is 9.20 Å². The molecule has 0 bridgehead atoms. The Morgan fingerprint density at radius 2 is 1.85 bits per heavy atom. The number of fused-ring (bicyclic) bond motifs is 2. The first-order valence-corrected chi connectivity index (χ1v) is 9.26. The summed E-state index contributed by atoms with van der Waals surface area (Å²) in [7, 11) is 0. The number of hydrogen-bond acceptors (Lipinski definition) is 7. The molecule has 0 aliphatic rings. The molecule has 134 valence electrons. The molecule has 0 unspecified atom stereocenters. The second kappa shape index (κ2) is 6.44. The van der Waals surface area contributed by atoms with Crippen molar-refractivity contribution < 1.29 is 4.74 Å². The summed E-state index contributed by atoms with van der Waals surface area (Å²) >= 11 is 1.47. The van der Waals surface area contributed by atoms with Crippen molar-refractivity contribution in [2.45, 2.75) is 20.1 Å². The van der Waals surface area contributed by atoms with E-state index >= 15 is 0 Å². The van der Waals surface area contributed by atoms with Crippen molar-refractivity contribution in [2.24, 2.45) is 0 Å². The lowest BCUT2D eigenvalue weighted by Gasteiger charge is -2.06. The monoisotopic (exact) mass is 377 g/mol. The standard InChI is InChI=1S/C18H15N7OS/c1-12-6-2-5-9-15(12)26-11-17-22-25-16(20-21-18(25)27-17)10-24-14-8-4-3-7-13(14)19-23-24/h2-9H,10-11H2,1H3. The van der Waals surface area contributed by atoms with Gasteiger partial charge in [0.25, 0.3) is 0 Å². The number of rotatable bonds is 5. The summed E-state index contributed by atoms with van der Waals surface area (Å²) in [5, 5.41) is 22.3. The molecule has 0 N–H and O–H groups in total. The number of aryl methyl sites for hydroxylation is 1. The summed E-state index contributed by atoms with van der Waals surface area (Å²) in [5.74, 6) is 1.57. The van der Waals surface area contributed by atoms with Crippen LogP contribution in [-0.2, 0) is 13.2 Å². The second-order valence-corrected chi connectivity index (χ2v) is 7.14. The molecule has 0 saturated carbocycles. The lowest BCUT2D eigenvalue weighted by Crippen LogP contribution is -2.07. The molecule has 0 saturated heterocycles. The summed E-state index contributed by atoms with van der Waals surface area (Å²) in [6.45, 7) is 2.86. The quantitative estimate of drug-likeness (QED) is 0.468. The molecule has 0 spiro atoms. The molecule has 0 atom stereocenters. The van der Waals surface area contributed by atoms with Gasteiger partial charge >= 0.3 is 0 Å². The van der Waals surface area contributed by atoms with Crippen LogP contribution in [0.1, 0.15) is 16.4 Å². The molecule has 0 amide bonds. The van der Waals surface area contributed by atoms with E-state index in [1.165, 1.54) is 11.3 Å². The molecule has 2 aromatic carbocycles. The van der Waals surface area contributed by atoms with E-state index in [-0.39, 0.29) is 0 Å². The number of para-hydroxylation sites is 2.